The van der Waals surface area contributed by atoms with Crippen LogP contribution in [0.15, 0.2) is 87.0 Å². The summed E-state index contributed by atoms with van der Waals surface area (Å²) in [5.74, 6) is 0.315. The molecule has 2 aromatic rings. The van der Waals surface area contributed by atoms with Gasteiger partial charge in [0.15, 0.2) is 0 Å². The van der Waals surface area contributed by atoms with Crippen LogP contribution in [0.2, 0.25) is 0 Å². The van der Waals surface area contributed by atoms with Crippen LogP contribution in [0, 0.1) is 6.92 Å². The third-order valence-corrected chi connectivity index (χ3v) is 4.27. The lowest BCUT2D eigenvalue weighted by atomic mass is 10.2. The Labute approximate surface area is 166 Å². The predicted molar refractivity (Wildman–Crippen MR) is 112 cm³/mol. The summed E-state index contributed by atoms with van der Waals surface area (Å²) in [6, 6.07) is 5.52. The summed E-state index contributed by atoms with van der Waals surface area (Å²) in [7, 11) is 0. The second-order valence-corrected chi connectivity index (χ2v) is 6.82. The highest BCUT2D eigenvalue weighted by Crippen LogP contribution is 2.22. The lowest BCUT2D eigenvalue weighted by Gasteiger charge is -1.99. The van der Waals surface area contributed by atoms with Gasteiger partial charge in [-0.2, -0.15) is 5.10 Å². The van der Waals surface area contributed by atoms with Crippen LogP contribution in [0.3, 0.4) is 0 Å². The van der Waals surface area contributed by atoms with E-state index in [1.807, 2.05) is 19.1 Å². The van der Waals surface area contributed by atoms with Crippen molar-refractivity contribution in [2.24, 2.45) is 5.10 Å². The molecular formula is C20H19BrN2O2S. The predicted octanol–water partition coefficient (Wildman–Crippen LogP) is 5.79. The monoisotopic (exact) mass is 430 g/mol. The first-order valence-corrected chi connectivity index (χ1v) is 8.74. The summed E-state index contributed by atoms with van der Waals surface area (Å²) in [6.45, 7) is 16.3. The van der Waals surface area contributed by atoms with Gasteiger partial charge in [0.25, 0.3) is 5.91 Å². The second kappa shape index (κ2) is 13.5. The number of carbonyl (C=O) groups excluding carboxylic acids is 1. The van der Waals surface area contributed by atoms with Gasteiger partial charge in [0.2, 0.25) is 0 Å². The van der Waals surface area contributed by atoms with Crippen molar-refractivity contribution in [3.8, 4) is 0 Å². The average Bonchev–Trinajstić information content (AvgIpc) is 3.23. The molecule has 1 N–H and O–H groups in total. The number of carbonyl (C=O) groups is 1. The van der Waals surface area contributed by atoms with Crippen molar-refractivity contribution >= 4 is 38.9 Å². The summed E-state index contributed by atoms with van der Waals surface area (Å²) in [5, 5.41) is 4.07. The van der Waals surface area contributed by atoms with Crippen molar-refractivity contribution in [2.45, 2.75) is 13.8 Å². The maximum atomic E-state index is 11.8. The Kier molecular flexibility index (Phi) is 12.0. The number of rotatable bonds is 3. The molecule has 0 fully saturated rings. The van der Waals surface area contributed by atoms with Crippen molar-refractivity contribution < 1.29 is 9.21 Å². The summed E-state index contributed by atoms with van der Waals surface area (Å²) < 4.78 is 6.10. The standard InChI is InChI=1S/C12H11BrN2O2S.C5H4.C3H4/c1-7(10-3-4-11(13)18-10)14-15-12(16)9-5-6-17-8(9)2;1-3-5-4-2;1-3-2/h3-6H,1-2H3,(H,15,16);1-2H2;1-2H2/b14-7+;;. The molecule has 0 unspecified atom stereocenters. The number of hydrogen-bond acceptors (Lipinski definition) is 4. The van der Waals surface area contributed by atoms with Crippen LogP contribution < -0.4 is 5.43 Å². The van der Waals surface area contributed by atoms with Crippen LogP contribution in [0.5, 0.6) is 0 Å². The van der Waals surface area contributed by atoms with Crippen molar-refractivity contribution in [3.05, 3.63) is 93.7 Å². The van der Waals surface area contributed by atoms with Gasteiger partial charge >= 0.3 is 0 Å². The van der Waals surface area contributed by atoms with E-state index in [9.17, 15) is 4.79 Å². The van der Waals surface area contributed by atoms with Crippen LogP contribution >= 0.6 is 27.3 Å². The molecule has 0 atom stereocenters. The highest BCUT2D eigenvalue weighted by atomic mass is 79.9. The Bertz CT molecular complexity index is 886. The number of thiophene rings is 1. The zero-order valence-electron chi connectivity index (χ0n) is 14.7. The van der Waals surface area contributed by atoms with Crippen molar-refractivity contribution in [1.82, 2.24) is 5.43 Å². The number of halogens is 1. The van der Waals surface area contributed by atoms with Crippen molar-refractivity contribution in [3.63, 3.8) is 0 Å². The minimum atomic E-state index is -0.267. The number of nitrogens with zero attached hydrogens (tertiary/aromatic N) is 1. The number of nitrogens with one attached hydrogen (secondary N) is 1. The molecule has 4 nitrogen and oxygen atoms in total. The first-order valence-electron chi connectivity index (χ1n) is 7.14. The van der Waals surface area contributed by atoms with Crippen molar-refractivity contribution in [1.29, 1.82) is 0 Å². The van der Waals surface area contributed by atoms with E-state index in [4.69, 9.17) is 4.42 Å². The minimum Gasteiger partial charge on any atom is -0.469 e. The van der Waals surface area contributed by atoms with Crippen molar-refractivity contribution in [2.75, 3.05) is 0 Å². The normalized spacial score (nSPS) is 8.96. The second-order valence-electron chi connectivity index (χ2n) is 4.36. The van der Waals surface area contributed by atoms with Gasteiger partial charge in [0.1, 0.15) is 5.76 Å². The van der Waals surface area contributed by atoms with E-state index in [1.54, 1.807) is 24.3 Å². The van der Waals surface area contributed by atoms with Gasteiger partial charge in [0.05, 0.1) is 26.2 Å². The smallest absolute Gasteiger partial charge is 0.274 e. The molecule has 0 radical (unpaired) electrons. The maximum absolute atomic E-state index is 11.8. The zero-order valence-corrected chi connectivity index (χ0v) is 17.1. The lowest BCUT2D eigenvalue weighted by Crippen LogP contribution is -2.19. The number of hydrogen-bond donors (Lipinski definition) is 1. The molecule has 0 aliphatic heterocycles. The first-order chi connectivity index (χ1) is 12.4. The topological polar surface area (TPSA) is 54.6 Å². The number of amides is 1. The Morgan fingerprint density at radius 1 is 1.23 bits per heavy atom. The van der Waals surface area contributed by atoms with E-state index >= 15 is 0 Å². The average molecular weight is 431 g/mol. The maximum Gasteiger partial charge on any atom is 0.274 e. The minimum absolute atomic E-state index is 0.267. The highest BCUT2D eigenvalue weighted by molar-refractivity contribution is 9.11. The third-order valence-electron chi connectivity index (χ3n) is 2.54. The van der Waals surface area contributed by atoms with Gasteiger partial charge in [-0.1, -0.05) is 24.6 Å². The molecule has 2 aromatic heterocycles. The van der Waals surface area contributed by atoms with Gasteiger partial charge in [0, 0.05) is 0 Å². The molecule has 2 heterocycles. The SMILES string of the molecule is C/C(=N\NC(=O)c1ccoc1C)c1ccc(Br)s1.C=C=C.C=C=C=C=C. The van der Waals surface area contributed by atoms with E-state index in [1.165, 1.54) is 6.26 Å². The van der Waals surface area contributed by atoms with Crippen LogP contribution in [-0.2, 0) is 0 Å². The van der Waals surface area contributed by atoms with Gasteiger partial charge in [-0.15, -0.1) is 17.1 Å². The molecule has 0 saturated heterocycles. The quantitative estimate of drug-likeness (QED) is 0.380. The van der Waals surface area contributed by atoms with Gasteiger partial charge < -0.3 is 4.42 Å². The van der Waals surface area contributed by atoms with Crippen LogP contribution in [0.1, 0.15) is 27.9 Å². The Morgan fingerprint density at radius 2 is 1.85 bits per heavy atom. The van der Waals surface area contributed by atoms with E-state index < -0.39 is 0 Å². The molecule has 134 valence electrons. The van der Waals surface area contributed by atoms with Crippen LogP contribution in [0.25, 0.3) is 0 Å². The molecule has 0 saturated carbocycles. The Hall–Kier alpha value is -2.80. The summed E-state index contributed by atoms with van der Waals surface area (Å²) in [4.78, 5) is 12.8. The lowest BCUT2D eigenvalue weighted by molar-refractivity contribution is 0.0953. The molecule has 0 aromatic carbocycles. The fourth-order valence-electron chi connectivity index (χ4n) is 1.44. The fourth-order valence-corrected chi connectivity index (χ4v) is 2.77. The number of hydrazone groups is 1. The molecule has 6 heteroatoms. The molecule has 2 rings (SSSR count). The van der Waals surface area contributed by atoms with Gasteiger partial charge in [-0.25, -0.2) is 5.43 Å². The molecule has 0 aliphatic rings. The fraction of sp³-hybridized carbons (Fsp3) is 0.100. The molecular weight excluding hydrogens is 412 g/mol. The molecule has 26 heavy (non-hydrogen) atoms. The van der Waals surface area contributed by atoms with Crippen LogP contribution in [-0.4, -0.2) is 11.6 Å². The molecule has 0 bridgehead atoms. The number of aryl methyl sites for hydroxylation is 1. The van der Waals surface area contributed by atoms with E-state index in [2.05, 4.69) is 75.7 Å². The van der Waals surface area contributed by atoms with Crippen LogP contribution in [0.4, 0.5) is 0 Å². The number of furan rings is 1. The molecule has 0 aliphatic carbocycles. The van der Waals surface area contributed by atoms with E-state index in [-0.39, 0.29) is 5.91 Å². The summed E-state index contributed by atoms with van der Waals surface area (Å²) >= 11 is 4.95. The third kappa shape index (κ3) is 8.89. The summed E-state index contributed by atoms with van der Waals surface area (Å²) in [5.41, 5.74) is 13.1. The van der Waals surface area contributed by atoms with Gasteiger partial charge in [-0.05, 0) is 66.9 Å². The Morgan fingerprint density at radius 3 is 2.23 bits per heavy atom. The molecule has 0 spiro atoms. The zero-order chi connectivity index (χ0) is 19.9. The Balaban J connectivity index is 0.000000663. The summed E-state index contributed by atoms with van der Waals surface area (Å²) in [6.07, 6.45) is 1.48. The van der Waals surface area contributed by atoms with Gasteiger partial charge in [-0.3, -0.25) is 4.79 Å². The highest BCUT2D eigenvalue weighted by Gasteiger charge is 2.10. The first kappa shape index (κ1) is 23.2. The molecule has 1 amide bonds. The largest absolute Gasteiger partial charge is 0.469 e. The van der Waals surface area contributed by atoms with E-state index in [0.717, 1.165) is 14.4 Å². The van der Waals surface area contributed by atoms with E-state index in [0.29, 0.717) is 11.3 Å².